The molecule has 0 aliphatic heterocycles. The fourth-order valence-corrected chi connectivity index (χ4v) is 2.81. The van der Waals surface area contributed by atoms with E-state index >= 15 is 0 Å². The zero-order valence-corrected chi connectivity index (χ0v) is 17.5. The zero-order valence-electron chi connectivity index (χ0n) is 17.5. The fourth-order valence-electron chi connectivity index (χ4n) is 2.81. The lowest BCUT2D eigenvalue weighted by Crippen LogP contribution is -2.29. The van der Waals surface area contributed by atoms with Crippen molar-refractivity contribution in [3.8, 4) is 17.4 Å². The highest BCUT2D eigenvalue weighted by molar-refractivity contribution is 5.89. The summed E-state index contributed by atoms with van der Waals surface area (Å²) in [6, 6.07) is 12.5. The molecular weight excluding hydrogens is 382 g/mol. The molecule has 2 heterocycles. The van der Waals surface area contributed by atoms with Crippen molar-refractivity contribution in [2.45, 2.75) is 13.5 Å². The van der Waals surface area contributed by atoms with E-state index in [-0.39, 0.29) is 6.03 Å². The smallest absolute Gasteiger partial charge is 0.319 e. The van der Waals surface area contributed by atoms with Gasteiger partial charge in [-0.05, 0) is 36.8 Å². The van der Waals surface area contributed by atoms with Crippen LogP contribution in [0.4, 0.5) is 16.3 Å². The third-order valence-corrected chi connectivity index (χ3v) is 4.26. The number of carbonyl (C=O) groups excluding carboxylic acids is 1. The Morgan fingerprint density at radius 2 is 1.93 bits per heavy atom. The van der Waals surface area contributed by atoms with Crippen LogP contribution < -0.4 is 25.0 Å². The van der Waals surface area contributed by atoms with Gasteiger partial charge in [0.25, 0.3) is 0 Å². The lowest BCUT2D eigenvalue weighted by Gasteiger charge is -2.16. The van der Waals surface area contributed by atoms with Gasteiger partial charge in [-0.25, -0.2) is 14.8 Å². The monoisotopic (exact) mass is 407 g/mol. The third-order valence-electron chi connectivity index (χ3n) is 4.26. The zero-order chi connectivity index (χ0) is 21.5. The number of aromatic nitrogens is 2. The van der Waals surface area contributed by atoms with Gasteiger partial charge in [-0.2, -0.15) is 0 Å². The van der Waals surface area contributed by atoms with Gasteiger partial charge in [0.15, 0.2) is 11.5 Å². The summed E-state index contributed by atoms with van der Waals surface area (Å²) in [5, 5.41) is 5.58. The van der Waals surface area contributed by atoms with Crippen LogP contribution in [-0.2, 0) is 6.54 Å². The van der Waals surface area contributed by atoms with Crippen LogP contribution in [0.15, 0.2) is 54.9 Å². The average Bonchev–Trinajstić information content (AvgIpc) is 2.75. The van der Waals surface area contributed by atoms with Gasteiger partial charge in [-0.1, -0.05) is 12.1 Å². The predicted molar refractivity (Wildman–Crippen MR) is 116 cm³/mol. The normalized spacial score (nSPS) is 10.3. The number of amides is 2. The van der Waals surface area contributed by atoms with E-state index in [2.05, 4.69) is 20.6 Å². The van der Waals surface area contributed by atoms with Crippen LogP contribution in [0, 0.1) is 6.92 Å². The molecule has 0 saturated carbocycles. The summed E-state index contributed by atoms with van der Waals surface area (Å²) in [5.74, 6) is 2.41. The summed E-state index contributed by atoms with van der Waals surface area (Å²) in [5.41, 5.74) is 2.54. The van der Waals surface area contributed by atoms with Gasteiger partial charge in [0.1, 0.15) is 5.82 Å². The van der Waals surface area contributed by atoms with Crippen molar-refractivity contribution in [2.75, 3.05) is 31.4 Å². The molecule has 0 fully saturated rings. The first kappa shape index (κ1) is 20.9. The molecule has 0 saturated heterocycles. The molecule has 1 aromatic carbocycles. The highest BCUT2D eigenvalue weighted by Gasteiger charge is 2.09. The highest BCUT2D eigenvalue weighted by atomic mass is 16.5. The average molecular weight is 407 g/mol. The molecule has 156 valence electrons. The molecule has 0 radical (unpaired) electrons. The second-order valence-electron chi connectivity index (χ2n) is 6.83. The molecule has 0 aliphatic carbocycles. The van der Waals surface area contributed by atoms with Crippen LogP contribution in [0.1, 0.15) is 11.1 Å². The molecule has 0 bridgehead atoms. The SMILES string of the molecule is COc1cc(C)ccc1Oc1ccc(NC(=O)NCc2cccnc2N(C)C)cn1. The summed E-state index contributed by atoms with van der Waals surface area (Å²) in [6.45, 7) is 2.33. The Kier molecular flexibility index (Phi) is 6.69. The van der Waals surface area contributed by atoms with E-state index in [0.717, 1.165) is 16.9 Å². The van der Waals surface area contributed by atoms with Crippen molar-refractivity contribution < 1.29 is 14.3 Å². The quantitative estimate of drug-likeness (QED) is 0.616. The summed E-state index contributed by atoms with van der Waals surface area (Å²) >= 11 is 0. The van der Waals surface area contributed by atoms with Crippen LogP contribution in [0.25, 0.3) is 0 Å². The minimum absolute atomic E-state index is 0.334. The second-order valence-corrected chi connectivity index (χ2v) is 6.83. The van der Waals surface area contributed by atoms with Crippen molar-refractivity contribution in [2.24, 2.45) is 0 Å². The van der Waals surface area contributed by atoms with E-state index in [9.17, 15) is 4.79 Å². The molecule has 0 aliphatic rings. The van der Waals surface area contributed by atoms with Gasteiger partial charge >= 0.3 is 6.03 Å². The largest absolute Gasteiger partial charge is 0.493 e. The molecule has 8 heteroatoms. The number of rotatable bonds is 7. The number of anilines is 2. The van der Waals surface area contributed by atoms with E-state index in [4.69, 9.17) is 9.47 Å². The number of carbonyl (C=O) groups is 1. The molecule has 2 amide bonds. The van der Waals surface area contributed by atoms with Crippen LogP contribution in [0.2, 0.25) is 0 Å². The standard InChI is InChI=1S/C22H25N5O3/c1-15-7-9-18(19(12-15)29-4)30-20-10-8-17(14-24-20)26-22(28)25-13-16-6-5-11-23-21(16)27(2)3/h5-12,14H,13H2,1-4H3,(H2,25,26,28). The molecule has 2 N–H and O–H groups in total. The molecule has 0 atom stereocenters. The number of nitrogens with one attached hydrogen (secondary N) is 2. The Labute approximate surface area is 175 Å². The first-order valence-electron chi connectivity index (χ1n) is 9.41. The van der Waals surface area contributed by atoms with Gasteiger partial charge < -0.3 is 25.0 Å². The van der Waals surface area contributed by atoms with E-state index < -0.39 is 0 Å². The van der Waals surface area contributed by atoms with Gasteiger partial charge in [-0.3, -0.25) is 0 Å². The third kappa shape index (κ3) is 5.38. The Morgan fingerprint density at radius 3 is 2.63 bits per heavy atom. The Hall–Kier alpha value is -3.81. The van der Waals surface area contributed by atoms with Crippen molar-refractivity contribution in [1.82, 2.24) is 15.3 Å². The van der Waals surface area contributed by atoms with Crippen LogP contribution in [0.3, 0.4) is 0 Å². The van der Waals surface area contributed by atoms with Gasteiger partial charge in [0, 0.05) is 38.5 Å². The lowest BCUT2D eigenvalue weighted by molar-refractivity contribution is 0.251. The Morgan fingerprint density at radius 1 is 1.10 bits per heavy atom. The van der Waals surface area contributed by atoms with Gasteiger partial charge in [0.05, 0.1) is 19.0 Å². The van der Waals surface area contributed by atoms with E-state index in [1.807, 2.05) is 56.3 Å². The maximum absolute atomic E-state index is 12.2. The number of urea groups is 1. The molecule has 8 nitrogen and oxygen atoms in total. The summed E-state index contributed by atoms with van der Waals surface area (Å²) < 4.78 is 11.1. The minimum atomic E-state index is -0.334. The van der Waals surface area contributed by atoms with E-state index in [1.165, 1.54) is 6.20 Å². The van der Waals surface area contributed by atoms with Crippen molar-refractivity contribution in [3.05, 3.63) is 66.0 Å². The highest BCUT2D eigenvalue weighted by Crippen LogP contribution is 2.31. The number of hydrogen-bond donors (Lipinski definition) is 2. The van der Waals surface area contributed by atoms with Gasteiger partial charge in [-0.15, -0.1) is 0 Å². The lowest BCUT2D eigenvalue weighted by atomic mass is 10.2. The summed E-state index contributed by atoms with van der Waals surface area (Å²) in [7, 11) is 5.41. The maximum atomic E-state index is 12.2. The number of methoxy groups -OCH3 is 1. The Bertz CT molecular complexity index is 1010. The maximum Gasteiger partial charge on any atom is 0.319 e. The van der Waals surface area contributed by atoms with Crippen LogP contribution >= 0.6 is 0 Å². The molecule has 3 rings (SSSR count). The number of benzene rings is 1. The first-order chi connectivity index (χ1) is 14.5. The molecule has 0 unspecified atom stereocenters. The minimum Gasteiger partial charge on any atom is -0.493 e. The van der Waals surface area contributed by atoms with E-state index in [1.54, 1.807) is 25.4 Å². The van der Waals surface area contributed by atoms with Crippen molar-refractivity contribution >= 4 is 17.5 Å². The number of nitrogens with zero attached hydrogens (tertiary/aromatic N) is 3. The van der Waals surface area contributed by atoms with Crippen molar-refractivity contribution in [3.63, 3.8) is 0 Å². The summed E-state index contributed by atoms with van der Waals surface area (Å²) in [4.78, 5) is 22.7. The topological polar surface area (TPSA) is 88.6 Å². The predicted octanol–water partition coefficient (Wildman–Crippen LogP) is 3.97. The molecular formula is C22H25N5O3. The summed E-state index contributed by atoms with van der Waals surface area (Å²) in [6.07, 6.45) is 3.26. The molecule has 3 aromatic rings. The number of hydrogen-bond acceptors (Lipinski definition) is 6. The Balaban J connectivity index is 1.57. The number of ether oxygens (including phenoxy) is 2. The van der Waals surface area contributed by atoms with E-state index in [0.29, 0.717) is 29.6 Å². The fraction of sp³-hybridized carbons (Fsp3) is 0.227. The second kappa shape index (κ2) is 9.60. The molecule has 0 spiro atoms. The molecule has 30 heavy (non-hydrogen) atoms. The van der Waals surface area contributed by atoms with Crippen molar-refractivity contribution in [1.29, 1.82) is 0 Å². The molecule has 2 aromatic heterocycles. The number of aryl methyl sites for hydroxylation is 1. The van der Waals surface area contributed by atoms with Crippen LogP contribution in [0.5, 0.6) is 17.4 Å². The first-order valence-corrected chi connectivity index (χ1v) is 9.41. The van der Waals surface area contributed by atoms with Crippen LogP contribution in [-0.4, -0.2) is 37.2 Å². The van der Waals surface area contributed by atoms with Gasteiger partial charge in [0.2, 0.25) is 5.88 Å². The number of pyridine rings is 2.